The average Bonchev–Trinajstić information content (AvgIpc) is 4.02. The summed E-state index contributed by atoms with van der Waals surface area (Å²) in [5.74, 6) is 14.3. The van der Waals surface area contributed by atoms with Crippen molar-refractivity contribution in [2.75, 3.05) is 0 Å². The van der Waals surface area contributed by atoms with E-state index in [1.807, 2.05) is 0 Å². The second kappa shape index (κ2) is 16.5. The van der Waals surface area contributed by atoms with Gasteiger partial charge in [0.05, 0.1) is 0 Å². The Morgan fingerprint density at radius 1 is 0.333 bits per heavy atom. The fraction of sp³-hybridized carbons (Fsp3) is 0.547. The molecule has 0 aromatic carbocycles. The number of allylic oxidation sites excluding steroid dienone is 20. The Hall–Kier alpha value is -2.50. The van der Waals surface area contributed by atoms with Gasteiger partial charge in [0.25, 0.3) is 0 Å². The first kappa shape index (κ1) is 38.4. The predicted octanol–water partition coefficient (Wildman–Crippen LogP) is 13.1. The van der Waals surface area contributed by atoms with Crippen molar-refractivity contribution in [3.05, 3.63) is 148 Å². The molecule has 0 aromatic heterocycles. The Balaban J connectivity index is 0.000000320. The van der Waals surface area contributed by atoms with E-state index in [-0.39, 0.29) is 19.5 Å². The molecule has 0 amide bonds. The quantitative estimate of drug-likeness (QED) is 0.152. The smallest absolute Gasteiger partial charge is 0 e. The van der Waals surface area contributed by atoms with Gasteiger partial charge in [0.2, 0.25) is 0 Å². The van der Waals surface area contributed by atoms with E-state index in [0.29, 0.717) is 76.9 Å². The third-order valence-electron chi connectivity index (χ3n) is 17.0. The summed E-state index contributed by atoms with van der Waals surface area (Å²) in [6.45, 7) is 17.0. The van der Waals surface area contributed by atoms with Crippen LogP contribution in [0, 0.1) is 118 Å². The first-order chi connectivity index (χ1) is 26.1. The third kappa shape index (κ3) is 6.94. The molecule has 1 heteroatoms. The minimum Gasteiger partial charge on any atom is -0.103 e. The minimum atomic E-state index is 0. The molecule has 5 saturated carbocycles. The summed E-state index contributed by atoms with van der Waals surface area (Å²) in [5, 5.41) is 0. The summed E-state index contributed by atoms with van der Waals surface area (Å²) in [7, 11) is 0. The number of fused-ring (bicyclic) bond motifs is 8. The molecule has 0 N–H and O–H groups in total. The van der Waals surface area contributed by atoms with Gasteiger partial charge in [-0.25, -0.2) is 0 Å². The third-order valence-corrected chi connectivity index (χ3v) is 17.0. The molecule has 2 bridgehead atoms. The minimum absolute atomic E-state index is 0. The van der Waals surface area contributed by atoms with E-state index >= 15 is 0 Å². The molecule has 0 radical (unpaired) electrons. The topological polar surface area (TPSA) is 0 Å². The van der Waals surface area contributed by atoms with Crippen LogP contribution in [0.25, 0.3) is 0 Å². The van der Waals surface area contributed by atoms with Crippen molar-refractivity contribution in [1.82, 2.24) is 0 Å². The molecule has 0 nitrogen and oxygen atoms in total. The molecule has 20 atom stereocenters. The molecule has 10 rings (SSSR count). The first-order valence-corrected chi connectivity index (χ1v) is 22.0. The largest absolute Gasteiger partial charge is 0.103 e. The molecule has 0 aromatic rings. The van der Waals surface area contributed by atoms with Gasteiger partial charge in [-0.2, -0.15) is 0 Å². The molecule has 5 fully saturated rings. The van der Waals surface area contributed by atoms with Gasteiger partial charge in [0, 0.05) is 19.5 Å². The zero-order valence-electron chi connectivity index (χ0n) is 32.6. The maximum atomic E-state index is 4.38. The maximum absolute atomic E-state index is 4.38. The molecular weight excluding hydrogens is 738 g/mol. The van der Waals surface area contributed by atoms with Crippen LogP contribution in [-0.2, 0) is 19.5 Å². The summed E-state index contributed by atoms with van der Waals surface area (Å²) < 4.78 is 0. The van der Waals surface area contributed by atoms with Crippen LogP contribution >= 0.6 is 0 Å². The summed E-state index contributed by atoms with van der Waals surface area (Å²) >= 11 is 0. The Kier molecular flexibility index (Phi) is 11.8. The van der Waals surface area contributed by atoms with Crippen molar-refractivity contribution < 1.29 is 19.5 Å². The van der Waals surface area contributed by atoms with Crippen LogP contribution in [0.15, 0.2) is 148 Å². The molecule has 0 spiro atoms. The van der Waals surface area contributed by atoms with Gasteiger partial charge in [0.1, 0.15) is 0 Å². The van der Waals surface area contributed by atoms with Crippen LogP contribution < -0.4 is 0 Å². The molecule has 10 aliphatic rings. The van der Waals surface area contributed by atoms with Crippen molar-refractivity contribution in [3.63, 3.8) is 0 Å². The summed E-state index contributed by atoms with van der Waals surface area (Å²) in [6.07, 6.45) is 60.9. The van der Waals surface area contributed by atoms with Crippen LogP contribution in [0.5, 0.6) is 0 Å². The zero-order valence-corrected chi connectivity index (χ0v) is 34.4. The van der Waals surface area contributed by atoms with Crippen molar-refractivity contribution in [1.29, 1.82) is 0 Å². The van der Waals surface area contributed by atoms with Crippen molar-refractivity contribution >= 4 is 0 Å². The fourth-order valence-corrected chi connectivity index (χ4v) is 14.2. The van der Waals surface area contributed by atoms with Crippen LogP contribution in [0.4, 0.5) is 0 Å². The zero-order chi connectivity index (χ0) is 36.1. The van der Waals surface area contributed by atoms with Gasteiger partial charge in [-0.3, -0.25) is 0 Å². The van der Waals surface area contributed by atoms with E-state index in [1.54, 1.807) is 0 Å². The van der Waals surface area contributed by atoms with Crippen molar-refractivity contribution in [3.8, 4) is 0 Å². The molecular formula is C53H66Ru. The molecule has 286 valence electrons. The van der Waals surface area contributed by atoms with Crippen LogP contribution in [-0.4, -0.2) is 0 Å². The molecule has 54 heavy (non-hydrogen) atoms. The van der Waals surface area contributed by atoms with E-state index in [0.717, 1.165) is 41.4 Å². The summed E-state index contributed by atoms with van der Waals surface area (Å²) in [4.78, 5) is 0. The SMILES string of the molecule is C1=CC2C3C=CC(C3)C2C1.C=CC1CC(/C=C\C2CC(C=C)C(/C=C/C3CC(C=C)C4C=CCC34)C2/C=C/C2CC(C=C)C3C=CCC23)C2CC=CC12.[Ru]. The Bertz CT molecular complexity index is 1640. The fourth-order valence-electron chi connectivity index (χ4n) is 14.2. The maximum Gasteiger partial charge on any atom is 0 e. The van der Waals surface area contributed by atoms with Crippen LogP contribution in [0.3, 0.4) is 0 Å². The predicted molar refractivity (Wildman–Crippen MR) is 225 cm³/mol. The van der Waals surface area contributed by atoms with Gasteiger partial charge in [-0.05, 0) is 176 Å². The number of hydrogen-bond donors (Lipinski definition) is 0. The normalized spacial score (nSPS) is 49.5. The molecule has 10 aliphatic carbocycles. The molecule has 20 unspecified atom stereocenters. The Labute approximate surface area is 341 Å². The van der Waals surface area contributed by atoms with Gasteiger partial charge in [-0.1, -0.05) is 122 Å². The van der Waals surface area contributed by atoms with Crippen LogP contribution in [0.2, 0.25) is 0 Å². The van der Waals surface area contributed by atoms with Gasteiger partial charge < -0.3 is 0 Å². The Morgan fingerprint density at radius 2 is 0.704 bits per heavy atom. The number of rotatable bonds is 10. The molecule has 0 aliphatic heterocycles. The Morgan fingerprint density at radius 3 is 1.17 bits per heavy atom. The first-order valence-electron chi connectivity index (χ1n) is 22.0. The van der Waals surface area contributed by atoms with E-state index in [2.05, 4.69) is 148 Å². The van der Waals surface area contributed by atoms with E-state index in [4.69, 9.17) is 0 Å². The second-order valence-corrected chi connectivity index (χ2v) is 19.1. The van der Waals surface area contributed by atoms with E-state index in [9.17, 15) is 0 Å². The van der Waals surface area contributed by atoms with Crippen molar-refractivity contribution in [2.24, 2.45) is 118 Å². The average molecular weight is 804 g/mol. The van der Waals surface area contributed by atoms with Crippen LogP contribution in [0.1, 0.15) is 57.8 Å². The monoisotopic (exact) mass is 804 g/mol. The summed E-state index contributed by atoms with van der Waals surface area (Å²) in [5.41, 5.74) is 0. The number of hydrogen-bond acceptors (Lipinski definition) is 0. The molecule has 0 saturated heterocycles. The van der Waals surface area contributed by atoms with E-state index < -0.39 is 0 Å². The van der Waals surface area contributed by atoms with Gasteiger partial charge >= 0.3 is 0 Å². The standard InChI is InChI=1S/C43H54.C10H12.Ru/c1-5-28-24-32(39-15-9-12-36(28)39)18-19-33-27-31(8-4)42(22-20-34-25-29(6-2)37-13-10-16-40(34)37)43(33)23-21-35-26-30(7-3)38-14-11-17-41(35)38;1-2-9-7-4-5-8(6-7)10(9)3-1;/h5-14,18-23,28-43H,1-4,15-17,24-27H2;1-2,4-5,7-10H,3,6H2;/b19-18-,22-20+,23-21+;;. The summed E-state index contributed by atoms with van der Waals surface area (Å²) in [6, 6.07) is 0. The van der Waals surface area contributed by atoms with Crippen molar-refractivity contribution in [2.45, 2.75) is 57.8 Å². The van der Waals surface area contributed by atoms with E-state index in [1.165, 1.54) is 57.8 Å². The second-order valence-electron chi connectivity index (χ2n) is 19.1. The van der Waals surface area contributed by atoms with Gasteiger partial charge in [-0.15, -0.1) is 26.3 Å². The van der Waals surface area contributed by atoms with Gasteiger partial charge in [0.15, 0.2) is 0 Å². The molecule has 0 heterocycles.